The van der Waals surface area contributed by atoms with E-state index in [4.69, 9.17) is 9.31 Å². The smallest absolute Gasteiger partial charge is 0.529 e. The molecule has 86 valence electrons. The van der Waals surface area contributed by atoms with E-state index >= 15 is 0 Å². The number of benzene rings is 2. The highest BCUT2D eigenvalue weighted by atomic mass is 19.1. The van der Waals surface area contributed by atoms with Crippen LogP contribution < -0.4 is 9.31 Å². The van der Waals surface area contributed by atoms with Crippen molar-refractivity contribution in [3.05, 3.63) is 60.2 Å². The van der Waals surface area contributed by atoms with Crippen molar-refractivity contribution >= 4 is 7.69 Å². The second-order valence-electron chi connectivity index (χ2n) is 3.31. The van der Waals surface area contributed by atoms with Crippen LogP contribution in [0, 0.1) is 11.6 Å². The van der Waals surface area contributed by atoms with E-state index in [2.05, 4.69) is 0 Å². The molecule has 0 N–H and O–H groups in total. The van der Waals surface area contributed by atoms with Crippen LogP contribution in [0.4, 0.5) is 8.78 Å². The zero-order valence-corrected chi connectivity index (χ0v) is 8.90. The van der Waals surface area contributed by atoms with Crippen molar-refractivity contribution in [2.24, 2.45) is 0 Å². The van der Waals surface area contributed by atoms with Gasteiger partial charge in [-0.1, -0.05) is 0 Å². The Morgan fingerprint density at radius 3 is 1.35 bits per heavy atom. The maximum atomic E-state index is 12.6. The highest BCUT2D eigenvalue weighted by Gasteiger charge is 2.00. The van der Waals surface area contributed by atoms with E-state index in [1.807, 2.05) is 0 Å². The molecule has 0 spiro atoms. The van der Waals surface area contributed by atoms with Gasteiger partial charge in [-0.05, 0) is 48.5 Å². The molecule has 17 heavy (non-hydrogen) atoms. The average molecular weight is 234 g/mol. The van der Waals surface area contributed by atoms with Crippen LogP contribution in [-0.4, -0.2) is 7.69 Å². The van der Waals surface area contributed by atoms with Gasteiger partial charge in [0.15, 0.2) is 0 Å². The maximum absolute atomic E-state index is 12.6. The zero-order valence-electron chi connectivity index (χ0n) is 8.90. The Kier molecular flexibility index (Phi) is 3.60. The molecule has 0 unspecified atom stereocenters. The first-order valence-electron chi connectivity index (χ1n) is 5.01. The summed E-state index contributed by atoms with van der Waals surface area (Å²) in [7, 11) is -0.0166. The molecule has 0 fully saturated rings. The fourth-order valence-corrected chi connectivity index (χ4v) is 1.23. The molecule has 0 aliphatic heterocycles. The summed E-state index contributed by atoms with van der Waals surface area (Å²) in [6, 6.07) is 11.2. The maximum Gasteiger partial charge on any atom is 0.576 e. The van der Waals surface area contributed by atoms with Crippen molar-refractivity contribution < 1.29 is 18.1 Å². The topological polar surface area (TPSA) is 18.5 Å². The molecule has 0 heterocycles. The quantitative estimate of drug-likeness (QED) is 0.757. The minimum atomic E-state index is -0.322. The molecule has 0 amide bonds. The Hall–Kier alpha value is -2.04. The summed E-state index contributed by atoms with van der Waals surface area (Å²) in [6.45, 7) is 0. The van der Waals surface area contributed by atoms with E-state index in [0.717, 1.165) is 0 Å². The van der Waals surface area contributed by atoms with E-state index in [-0.39, 0.29) is 19.3 Å². The van der Waals surface area contributed by atoms with Crippen LogP contribution in [0.1, 0.15) is 0 Å². The molecule has 0 atom stereocenters. The molecule has 0 radical (unpaired) electrons. The van der Waals surface area contributed by atoms with Gasteiger partial charge in [0.25, 0.3) is 0 Å². The van der Waals surface area contributed by atoms with Crippen molar-refractivity contribution in [1.82, 2.24) is 0 Å². The van der Waals surface area contributed by atoms with Crippen LogP contribution in [0.25, 0.3) is 0 Å². The molecule has 0 saturated heterocycles. The second kappa shape index (κ2) is 5.34. The van der Waals surface area contributed by atoms with Crippen LogP contribution in [0.15, 0.2) is 48.5 Å². The standard InChI is InChI=1S/C12H9BF2O2/c14-9-1-5-11(6-2-9)16-13-17-12-7-3-10(15)4-8-12/h1-8,13H. The summed E-state index contributed by atoms with van der Waals surface area (Å²) >= 11 is 0. The lowest BCUT2D eigenvalue weighted by Gasteiger charge is -2.06. The van der Waals surface area contributed by atoms with Crippen LogP contribution in [0.2, 0.25) is 0 Å². The van der Waals surface area contributed by atoms with Crippen molar-refractivity contribution in [1.29, 1.82) is 0 Å². The van der Waals surface area contributed by atoms with Gasteiger partial charge < -0.3 is 9.31 Å². The van der Waals surface area contributed by atoms with Gasteiger partial charge in [-0.15, -0.1) is 0 Å². The van der Waals surface area contributed by atoms with E-state index < -0.39 is 0 Å². The van der Waals surface area contributed by atoms with Crippen molar-refractivity contribution in [2.45, 2.75) is 0 Å². The van der Waals surface area contributed by atoms with Gasteiger partial charge in [0.05, 0.1) is 0 Å². The van der Waals surface area contributed by atoms with Crippen molar-refractivity contribution in [3.8, 4) is 11.5 Å². The molecule has 2 aromatic carbocycles. The van der Waals surface area contributed by atoms with Gasteiger partial charge in [-0.3, -0.25) is 0 Å². The van der Waals surface area contributed by atoms with Gasteiger partial charge in [-0.2, -0.15) is 0 Å². The minimum Gasteiger partial charge on any atom is -0.529 e. The Labute approximate surface area is 98.1 Å². The summed E-state index contributed by atoms with van der Waals surface area (Å²) in [4.78, 5) is 0. The lowest BCUT2D eigenvalue weighted by molar-refractivity contribution is 0.457. The summed E-state index contributed by atoms with van der Waals surface area (Å²) < 4.78 is 35.6. The van der Waals surface area contributed by atoms with Crippen molar-refractivity contribution in [2.75, 3.05) is 0 Å². The van der Waals surface area contributed by atoms with E-state index in [1.165, 1.54) is 48.5 Å². The predicted octanol–water partition coefficient (Wildman–Crippen LogP) is 2.69. The predicted molar refractivity (Wildman–Crippen MR) is 61.2 cm³/mol. The second-order valence-corrected chi connectivity index (χ2v) is 3.31. The number of hydrogen-bond acceptors (Lipinski definition) is 2. The Morgan fingerprint density at radius 1 is 0.647 bits per heavy atom. The van der Waals surface area contributed by atoms with Crippen LogP contribution in [0.5, 0.6) is 11.5 Å². The molecule has 0 aliphatic carbocycles. The third-order valence-electron chi connectivity index (χ3n) is 2.08. The van der Waals surface area contributed by atoms with E-state index in [0.29, 0.717) is 11.5 Å². The third kappa shape index (κ3) is 3.48. The lowest BCUT2D eigenvalue weighted by Crippen LogP contribution is -2.10. The van der Waals surface area contributed by atoms with Crippen LogP contribution in [0.3, 0.4) is 0 Å². The van der Waals surface area contributed by atoms with E-state index in [9.17, 15) is 8.78 Å². The number of hydrogen-bond donors (Lipinski definition) is 0. The first-order chi connectivity index (χ1) is 8.24. The average Bonchev–Trinajstić information content (AvgIpc) is 2.34. The van der Waals surface area contributed by atoms with Crippen molar-refractivity contribution in [3.63, 3.8) is 0 Å². The largest absolute Gasteiger partial charge is 0.576 e. The van der Waals surface area contributed by atoms with Crippen LogP contribution >= 0.6 is 0 Å². The molecule has 2 rings (SSSR count). The summed E-state index contributed by atoms with van der Waals surface area (Å²) in [5, 5.41) is 0. The molecular weight excluding hydrogens is 225 g/mol. The Bertz CT molecular complexity index is 425. The fraction of sp³-hybridized carbons (Fsp3) is 0. The molecule has 0 bridgehead atoms. The molecule has 2 aromatic rings. The summed E-state index contributed by atoms with van der Waals surface area (Å²) in [5.41, 5.74) is 0. The highest BCUT2D eigenvalue weighted by molar-refractivity contribution is 6.20. The van der Waals surface area contributed by atoms with Gasteiger partial charge in [0.1, 0.15) is 23.1 Å². The first-order valence-corrected chi connectivity index (χ1v) is 5.01. The molecule has 5 heteroatoms. The van der Waals surface area contributed by atoms with Gasteiger partial charge in [0.2, 0.25) is 0 Å². The molecule has 2 nitrogen and oxygen atoms in total. The lowest BCUT2D eigenvalue weighted by atomic mass is 10.3. The molecule has 0 saturated carbocycles. The third-order valence-corrected chi connectivity index (χ3v) is 2.08. The SMILES string of the molecule is Fc1ccc(OBOc2ccc(F)cc2)cc1. The number of rotatable bonds is 4. The van der Waals surface area contributed by atoms with Crippen LogP contribution in [-0.2, 0) is 0 Å². The summed E-state index contributed by atoms with van der Waals surface area (Å²) in [5.74, 6) is 0.371. The van der Waals surface area contributed by atoms with Gasteiger partial charge in [-0.25, -0.2) is 8.78 Å². The minimum absolute atomic E-state index is 0.0166. The summed E-state index contributed by atoms with van der Waals surface area (Å²) in [6.07, 6.45) is 0. The normalized spacial score (nSPS) is 9.76. The number of halogens is 2. The van der Waals surface area contributed by atoms with Gasteiger partial charge in [0, 0.05) is 0 Å². The first kappa shape index (κ1) is 11.5. The fourth-order valence-electron chi connectivity index (χ4n) is 1.23. The molecule has 0 aromatic heterocycles. The molecule has 0 aliphatic rings. The highest BCUT2D eigenvalue weighted by Crippen LogP contribution is 2.13. The Balaban J connectivity index is 1.83. The van der Waals surface area contributed by atoms with E-state index in [1.54, 1.807) is 0 Å². The zero-order chi connectivity index (χ0) is 12.1. The monoisotopic (exact) mass is 234 g/mol. The molecular formula is C12H9BF2O2. The Morgan fingerprint density at radius 2 is 1.00 bits per heavy atom. The van der Waals surface area contributed by atoms with Gasteiger partial charge >= 0.3 is 7.69 Å².